The Labute approximate surface area is 251 Å². The maximum absolute atomic E-state index is 13.8. The van der Waals surface area contributed by atoms with E-state index < -0.39 is 17.8 Å². The van der Waals surface area contributed by atoms with Gasteiger partial charge in [-0.25, -0.2) is 4.39 Å². The van der Waals surface area contributed by atoms with Crippen molar-refractivity contribution in [2.75, 3.05) is 56.2 Å². The normalized spacial score (nSPS) is 22.1. The van der Waals surface area contributed by atoms with Crippen molar-refractivity contribution >= 4 is 29.0 Å². The van der Waals surface area contributed by atoms with Crippen molar-refractivity contribution in [1.82, 2.24) is 19.8 Å². The summed E-state index contributed by atoms with van der Waals surface area (Å²) >= 11 is 6.79. The largest absolute Gasteiger partial charge is 0.462 e. The summed E-state index contributed by atoms with van der Waals surface area (Å²) in [6.07, 6.45) is 6.28. The van der Waals surface area contributed by atoms with Gasteiger partial charge in [0.25, 0.3) is 5.91 Å². The molecule has 2 fully saturated rings. The molecule has 0 N–H and O–H groups in total. The number of halogens is 2. The summed E-state index contributed by atoms with van der Waals surface area (Å²) in [6, 6.07) is 6.50. The molecule has 0 bridgehead atoms. The number of aryl methyl sites for hydroxylation is 1. The van der Waals surface area contributed by atoms with Crippen molar-refractivity contribution in [3.8, 4) is 12.1 Å². The highest BCUT2D eigenvalue weighted by Gasteiger charge is 2.35. The minimum atomic E-state index is -1.01. The second-order valence-electron chi connectivity index (χ2n) is 11.8. The van der Waals surface area contributed by atoms with E-state index in [1.807, 2.05) is 6.07 Å². The van der Waals surface area contributed by atoms with Crippen LogP contribution in [0.25, 0.3) is 0 Å². The molecule has 4 aliphatic rings. The Kier molecular flexibility index (Phi) is 8.24. The fraction of sp³-hybridized carbons (Fsp3) is 0.548. The van der Waals surface area contributed by atoms with E-state index in [-0.39, 0.29) is 13.0 Å². The highest BCUT2D eigenvalue weighted by atomic mass is 35.5. The number of ether oxygens (including phenoxy) is 1. The summed E-state index contributed by atoms with van der Waals surface area (Å²) in [5, 5.41) is 10.3. The molecule has 222 valence electrons. The molecule has 11 heteroatoms. The first kappa shape index (κ1) is 28.7. The van der Waals surface area contributed by atoms with E-state index in [0.717, 1.165) is 79.4 Å². The summed E-state index contributed by atoms with van der Waals surface area (Å²) in [6.45, 7) is 7.19. The Morgan fingerprint density at radius 3 is 2.74 bits per heavy atom. The number of aromatic nitrogens is 2. The maximum atomic E-state index is 13.8. The number of nitriles is 1. The molecule has 6 rings (SSSR count). The number of carbonyl (C=O) groups is 1. The predicted octanol–water partition coefficient (Wildman–Crippen LogP) is 4.07. The van der Waals surface area contributed by atoms with Gasteiger partial charge in [0.2, 0.25) is 0 Å². The quantitative estimate of drug-likeness (QED) is 0.444. The first-order valence-corrected chi connectivity index (χ1v) is 15.3. The third-order valence-corrected chi connectivity index (χ3v) is 9.53. The lowest BCUT2D eigenvalue weighted by Gasteiger charge is -2.42. The first-order valence-electron chi connectivity index (χ1n) is 14.9. The molecule has 4 heterocycles. The van der Waals surface area contributed by atoms with Crippen LogP contribution in [0, 0.1) is 11.3 Å². The van der Waals surface area contributed by atoms with Crippen molar-refractivity contribution < 1.29 is 13.9 Å². The van der Waals surface area contributed by atoms with Gasteiger partial charge in [-0.3, -0.25) is 4.79 Å². The number of piperazine rings is 1. The van der Waals surface area contributed by atoms with Gasteiger partial charge in [0.05, 0.1) is 41.5 Å². The monoisotopic (exact) mass is 593 g/mol. The summed E-state index contributed by atoms with van der Waals surface area (Å²) in [5.74, 6) is -0.996. The summed E-state index contributed by atoms with van der Waals surface area (Å²) in [5.41, 5.74) is 5.78. The number of amides is 1. The molecule has 9 nitrogen and oxygen atoms in total. The van der Waals surface area contributed by atoms with Gasteiger partial charge in [-0.15, -0.1) is 0 Å². The van der Waals surface area contributed by atoms with E-state index in [1.54, 1.807) is 0 Å². The molecular weight excluding hydrogens is 557 g/mol. The molecule has 1 aliphatic carbocycles. The van der Waals surface area contributed by atoms with Crippen LogP contribution in [0.1, 0.15) is 48.1 Å². The number of rotatable bonds is 7. The molecule has 1 aromatic carbocycles. The molecular formula is C31H37ClFN7O2. The number of fused-ring (bicyclic) bond motifs is 2. The lowest BCUT2D eigenvalue weighted by molar-refractivity contribution is -0.131. The van der Waals surface area contributed by atoms with Gasteiger partial charge >= 0.3 is 6.01 Å². The molecule has 1 aromatic heterocycles. The van der Waals surface area contributed by atoms with Crippen molar-refractivity contribution in [1.29, 1.82) is 5.26 Å². The van der Waals surface area contributed by atoms with Crippen LogP contribution in [-0.2, 0) is 30.6 Å². The smallest absolute Gasteiger partial charge is 0.318 e. The lowest BCUT2D eigenvalue weighted by Crippen LogP contribution is -2.55. The first-order chi connectivity index (χ1) is 20.3. The van der Waals surface area contributed by atoms with Crippen LogP contribution in [0.2, 0.25) is 5.02 Å². The number of anilines is 2. The van der Waals surface area contributed by atoms with E-state index >= 15 is 0 Å². The molecule has 1 amide bonds. The second kappa shape index (κ2) is 12.1. The Morgan fingerprint density at radius 2 is 1.98 bits per heavy atom. The SMILES string of the molecule is C=C(F)C(=O)N1CCN(c2nc(OC[C@@H]3CCCN3C)nc3c2CCN(c2c(Cl)ccc4c2CCC4)C3)C[C@H]1CC#N. The number of hydrogen-bond donors (Lipinski definition) is 0. The van der Waals surface area contributed by atoms with Crippen molar-refractivity contribution in [2.24, 2.45) is 0 Å². The zero-order chi connectivity index (χ0) is 29.4. The van der Waals surface area contributed by atoms with Crippen LogP contribution in [0.15, 0.2) is 24.5 Å². The number of likely N-dealkylation sites (N-methyl/N-ethyl adjacent to an activating group) is 1. The highest BCUT2D eigenvalue weighted by molar-refractivity contribution is 6.33. The van der Waals surface area contributed by atoms with Crippen LogP contribution >= 0.6 is 11.6 Å². The molecule has 0 radical (unpaired) electrons. The van der Waals surface area contributed by atoms with Crippen molar-refractivity contribution in [3.63, 3.8) is 0 Å². The molecule has 2 atom stereocenters. The molecule has 0 saturated carbocycles. The number of carbonyl (C=O) groups excluding carboxylic acids is 1. The number of benzene rings is 1. The molecule has 42 heavy (non-hydrogen) atoms. The van der Waals surface area contributed by atoms with Gasteiger partial charge in [0.1, 0.15) is 12.4 Å². The average molecular weight is 594 g/mol. The van der Waals surface area contributed by atoms with E-state index in [9.17, 15) is 14.4 Å². The Balaban J connectivity index is 1.32. The van der Waals surface area contributed by atoms with Gasteiger partial charge in [0, 0.05) is 37.8 Å². The molecule has 2 aromatic rings. The number of likely N-dealkylation sites (tertiary alicyclic amines) is 1. The van der Waals surface area contributed by atoms with Crippen LogP contribution in [0.4, 0.5) is 15.9 Å². The second-order valence-corrected chi connectivity index (χ2v) is 12.2. The van der Waals surface area contributed by atoms with E-state index in [0.29, 0.717) is 38.3 Å². The topological polar surface area (TPSA) is 88.8 Å². The third-order valence-electron chi connectivity index (χ3n) is 9.22. The van der Waals surface area contributed by atoms with Gasteiger partial charge in [-0.2, -0.15) is 15.2 Å². The zero-order valence-electron chi connectivity index (χ0n) is 24.1. The Hall–Kier alpha value is -3.42. The predicted molar refractivity (Wildman–Crippen MR) is 160 cm³/mol. The van der Waals surface area contributed by atoms with Gasteiger partial charge < -0.3 is 24.3 Å². The zero-order valence-corrected chi connectivity index (χ0v) is 24.9. The van der Waals surface area contributed by atoms with Crippen LogP contribution in [0.3, 0.4) is 0 Å². The molecule has 0 unspecified atom stereocenters. The summed E-state index contributed by atoms with van der Waals surface area (Å²) in [4.78, 5) is 30.5. The molecule has 3 aliphatic heterocycles. The van der Waals surface area contributed by atoms with Gasteiger partial charge in [0.15, 0.2) is 5.83 Å². The van der Waals surface area contributed by atoms with Crippen LogP contribution in [-0.4, -0.2) is 84.1 Å². The molecule has 0 spiro atoms. The van der Waals surface area contributed by atoms with Gasteiger partial charge in [-0.1, -0.05) is 24.2 Å². The van der Waals surface area contributed by atoms with E-state index in [4.69, 9.17) is 26.3 Å². The lowest BCUT2D eigenvalue weighted by atomic mass is 10.0. The van der Waals surface area contributed by atoms with Crippen molar-refractivity contribution in [3.05, 3.63) is 51.9 Å². The van der Waals surface area contributed by atoms with Gasteiger partial charge in [-0.05, 0) is 69.3 Å². The highest BCUT2D eigenvalue weighted by Crippen LogP contribution is 2.40. The van der Waals surface area contributed by atoms with E-state index in [2.05, 4.69) is 40.5 Å². The molecule has 2 saturated heterocycles. The number of nitrogens with zero attached hydrogens (tertiary/aromatic N) is 7. The van der Waals surface area contributed by atoms with Crippen LogP contribution in [0.5, 0.6) is 6.01 Å². The Morgan fingerprint density at radius 1 is 1.12 bits per heavy atom. The maximum Gasteiger partial charge on any atom is 0.318 e. The number of hydrogen-bond acceptors (Lipinski definition) is 8. The standard InChI is InChI=1S/C31H37ClFN7O2/c1-20(33)30(41)40-16-15-39(17-22(40)10-12-34)29-25-11-14-38(28-24-7-3-5-21(24)8-9-26(28)32)18-27(25)35-31(36-29)42-19-23-6-4-13-37(23)2/h8-9,22-23H,1,3-7,10-11,13-19H2,2H3/t22-,23+/m1/s1. The summed E-state index contributed by atoms with van der Waals surface area (Å²) in [7, 11) is 2.11. The Bertz CT molecular complexity index is 1430. The minimum absolute atomic E-state index is 0.0888. The van der Waals surface area contributed by atoms with E-state index in [1.165, 1.54) is 16.0 Å². The third kappa shape index (κ3) is 5.52. The van der Waals surface area contributed by atoms with Crippen LogP contribution < -0.4 is 14.5 Å². The fourth-order valence-corrected chi connectivity index (χ4v) is 7.27. The fourth-order valence-electron chi connectivity index (χ4n) is 6.98. The average Bonchev–Trinajstić information content (AvgIpc) is 3.63. The van der Waals surface area contributed by atoms with Crippen molar-refractivity contribution in [2.45, 2.75) is 63.6 Å². The minimum Gasteiger partial charge on any atom is -0.462 e. The summed E-state index contributed by atoms with van der Waals surface area (Å²) < 4.78 is 20.0.